The highest BCUT2D eigenvalue weighted by Crippen LogP contribution is 2.26. The summed E-state index contributed by atoms with van der Waals surface area (Å²) in [7, 11) is 0. The fourth-order valence-corrected chi connectivity index (χ4v) is 4.07. The number of halogens is 2. The van der Waals surface area contributed by atoms with E-state index in [9.17, 15) is 13.6 Å². The Morgan fingerprint density at radius 3 is 2.64 bits per heavy atom. The summed E-state index contributed by atoms with van der Waals surface area (Å²) in [4.78, 5) is 12.9. The summed E-state index contributed by atoms with van der Waals surface area (Å²) in [6.45, 7) is 4.41. The van der Waals surface area contributed by atoms with Crippen molar-refractivity contribution >= 4 is 28.4 Å². The number of hydrogen-bond acceptors (Lipinski definition) is 4. The fourth-order valence-electron chi connectivity index (χ4n) is 3.14. The second kappa shape index (κ2) is 7.35. The van der Waals surface area contributed by atoms with Crippen molar-refractivity contribution in [2.24, 2.45) is 5.92 Å². The van der Waals surface area contributed by atoms with Gasteiger partial charge in [0, 0.05) is 12.3 Å². The Kier molecular flexibility index (Phi) is 4.89. The second-order valence-electron chi connectivity index (χ2n) is 6.97. The van der Waals surface area contributed by atoms with E-state index < -0.39 is 5.82 Å². The standard InChI is InChI=1S/C20H18F2N4OS/c1-12(2)10-25-18(27)15-9-14(21)7-8-17(15)26-19(25)23-24-20(26)28-11-13-5-3-4-6-16(13)22/h3-9,12H,10-11H2,1-2H3. The van der Waals surface area contributed by atoms with Gasteiger partial charge < -0.3 is 0 Å². The van der Waals surface area contributed by atoms with E-state index in [1.165, 1.54) is 34.5 Å². The van der Waals surface area contributed by atoms with Crippen molar-refractivity contribution in [1.29, 1.82) is 0 Å². The van der Waals surface area contributed by atoms with E-state index in [0.717, 1.165) is 0 Å². The number of hydrogen-bond donors (Lipinski definition) is 0. The van der Waals surface area contributed by atoms with Gasteiger partial charge in [0.2, 0.25) is 5.78 Å². The first-order chi connectivity index (χ1) is 13.5. The Hall–Kier alpha value is -2.74. The highest BCUT2D eigenvalue weighted by Gasteiger charge is 2.18. The number of nitrogens with zero attached hydrogens (tertiary/aromatic N) is 4. The van der Waals surface area contributed by atoms with E-state index in [-0.39, 0.29) is 22.7 Å². The minimum absolute atomic E-state index is 0.193. The van der Waals surface area contributed by atoms with Crippen LogP contribution in [0.5, 0.6) is 0 Å². The summed E-state index contributed by atoms with van der Waals surface area (Å²) in [5.74, 6) is 0.188. The number of thioether (sulfide) groups is 1. The van der Waals surface area contributed by atoms with Crippen molar-refractivity contribution in [2.75, 3.05) is 0 Å². The third-order valence-corrected chi connectivity index (χ3v) is 5.37. The Morgan fingerprint density at radius 2 is 1.89 bits per heavy atom. The lowest BCUT2D eigenvalue weighted by molar-refractivity contribution is 0.517. The molecular weight excluding hydrogens is 382 g/mol. The van der Waals surface area contributed by atoms with E-state index >= 15 is 0 Å². The molecule has 5 nitrogen and oxygen atoms in total. The number of fused-ring (bicyclic) bond motifs is 3. The zero-order valence-corrected chi connectivity index (χ0v) is 16.2. The second-order valence-corrected chi connectivity index (χ2v) is 7.91. The molecule has 0 saturated carbocycles. The SMILES string of the molecule is CC(C)Cn1c(=O)c2cc(F)ccc2n2c(SCc3ccccc3F)nnc12. The zero-order valence-electron chi connectivity index (χ0n) is 15.4. The Bertz CT molecular complexity index is 1230. The van der Waals surface area contributed by atoms with Gasteiger partial charge in [0.25, 0.3) is 5.56 Å². The number of rotatable bonds is 5. The quantitative estimate of drug-likeness (QED) is 0.470. The van der Waals surface area contributed by atoms with Gasteiger partial charge in [-0.15, -0.1) is 10.2 Å². The summed E-state index contributed by atoms with van der Waals surface area (Å²) in [6.07, 6.45) is 0. The van der Waals surface area contributed by atoms with Crippen LogP contribution in [0.3, 0.4) is 0 Å². The molecule has 0 fully saturated rings. The van der Waals surface area contributed by atoms with Gasteiger partial charge in [-0.25, -0.2) is 8.78 Å². The third kappa shape index (κ3) is 3.28. The molecule has 4 aromatic rings. The van der Waals surface area contributed by atoms with Gasteiger partial charge in [-0.3, -0.25) is 13.8 Å². The van der Waals surface area contributed by atoms with Crippen molar-refractivity contribution in [1.82, 2.24) is 19.2 Å². The molecule has 0 saturated heterocycles. The lowest BCUT2D eigenvalue weighted by Gasteiger charge is -2.13. The maximum absolute atomic E-state index is 13.9. The van der Waals surface area contributed by atoms with E-state index in [4.69, 9.17) is 0 Å². The van der Waals surface area contributed by atoms with Gasteiger partial charge in [0.15, 0.2) is 5.16 Å². The van der Waals surface area contributed by atoms with Gasteiger partial charge in [-0.1, -0.05) is 43.8 Å². The third-order valence-electron chi connectivity index (χ3n) is 4.40. The molecule has 0 unspecified atom stereocenters. The largest absolute Gasteiger partial charge is 0.276 e. The molecule has 0 bridgehead atoms. The maximum Gasteiger partial charge on any atom is 0.262 e. The first-order valence-electron chi connectivity index (χ1n) is 8.89. The average molecular weight is 400 g/mol. The fraction of sp³-hybridized carbons (Fsp3) is 0.250. The van der Waals surface area contributed by atoms with Crippen molar-refractivity contribution in [3.8, 4) is 0 Å². The first-order valence-corrected chi connectivity index (χ1v) is 9.87. The van der Waals surface area contributed by atoms with Crippen LogP contribution in [0.15, 0.2) is 52.4 Å². The summed E-state index contributed by atoms with van der Waals surface area (Å²) in [6, 6.07) is 10.6. The van der Waals surface area contributed by atoms with Gasteiger partial charge in [0.05, 0.1) is 10.9 Å². The molecule has 0 aliphatic rings. The highest BCUT2D eigenvalue weighted by atomic mass is 32.2. The minimum atomic E-state index is -0.478. The molecule has 0 aliphatic carbocycles. The molecular formula is C20H18F2N4OS. The molecule has 4 rings (SSSR count). The highest BCUT2D eigenvalue weighted by molar-refractivity contribution is 7.98. The molecule has 2 aromatic heterocycles. The summed E-state index contributed by atoms with van der Waals surface area (Å²) < 4.78 is 31.0. The predicted molar refractivity (Wildman–Crippen MR) is 106 cm³/mol. The van der Waals surface area contributed by atoms with Gasteiger partial charge in [-0.2, -0.15) is 0 Å². The predicted octanol–water partition coefficient (Wildman–Crippen LogP) is 4.27. The van der Waals surface area contributed by atoms with Gasteiger partial charge in [0.1, 0.15) is 11.6 Å². The molecule has 28 heavy (non-hydrogen) atoms. The van der Waals surface area contributed by atoms with Crippen LogP contribution >= 0.6 is 11.8 Å². The smallest absolute Gasteiger partial charge is 0.262 e. The summed E-state index contributed by atoms with van der Waals surface area (Å²) in [5.41, 5.74) is 0.784. The van der Waals surface area contributed by atoms with Crippen molar-refractivity contribution in [3.63, 3.8) is 0 Å². The average Bonchev–Trinajstić information content (AvgIpc) is 3.08. The number of aromatic nitrogens is 4. The summed E-state index contributed by atoms with van der Waals surface area (Å²) in [5, 5.41) is 9.21. The van der Waals surface area contributed by atoms with Crippen LogP contribution in [0.1, 0.15) is 19.4 Å². The topological polar surface area (TPSA) is 52.2 Å². The zero-order chi connectivity index (χ0) is 19.8. The molecule has 8 heteroatoms. The Labute approximate surface area is 164 Å². The normalized spacial score (nSPS) is 11.8. The van der Waals surface area contributed by atoms with Gasteiger partial charge in [-0.05, 0) is 35.7 Å². The molecule has 0 aliphatic heterocycles. The molecule has 0 atom stereocenters. The van der Waals surface area contributed by atoms with Crippen LogP contribution in [0, 0.1) is 17.6 Å². The number of benzene rings is 2. The molecule has 0 N–H and O–H groups in total. The maximum atomic E-state index is 13.9. The lowest BCUT2D eigenvalue weighted by atomic mass is 10.2. The van der Waals surface area contributed by atoms with Gasteiger partial charge >= 0.3 is 0 Å². The monoisotopic (exact) mass is 400 g/mol. The van der Waals surface area contributed by atoms with E-state index in [0.29, 0.717) is 34.3 Å². The van der Waals surface area contributed by atoms with E-state index in [1.54, 1.807) is 28.7 Å². The van der Waals surface area contributed by atoms with Crippen LogP contribution in [0.25, 0.3) is 16.7 Å². The molecule has 0 radical (unpaired) electrons. The van der Waals surface area contributed by atoms with Crippen molar-refractivity contribution in [3.05, 3.63) is 70.0 Å². The molecule has 0 amide bonds. The van der Waals surface area contributed by atoms with E-state index in [1.807, 2.05) is 13.8 Å². The van der Waals surface area contributed by atoms with Crippen LogP contribution in [0.2, 0.25) is 0 Å². The van der Waals surface area contributed by atoms with E-state index in [2.05, 4.69) is 10.2 Å². The Morgan fingerprint density at radius 1 is 1.11 bits per heavy atom. The van der Waals surface area contributed by atoms with Crippen LogP contribution < -0.4 is 5.56 Å². The Balaban J connectivity index is 1.89. The van der Waals surface area contributed by atoms with Crippen molar-refractivity contribution in [2.45, 2.75) is 31.3 Å². The first kappa shape index (κ1) is 18.6. The van der Waals surface area contributed by atoms with Crippen LogP contribution in [0.4, 0.5) is 8.78 Å². The van der Waals surface area contributed by atoms with Crippen LogP contribution in [-0.4, -0.2) is 19.2 Å². The molecule has 0 spiro atoms. The lowest BCUT2D eigenvalue weighted by Crippen LogP contribution is -2.25. The molecule has 2 aromatic carbocycles. The minimum Gasteiger partial charge on any atom is -0.276 e. The molecule has 144 valence electrons. The molecule has 2 heterocycles. The van der Waals surface area contributed by atoms with Crippen LogP contribution in [-0.2, 0) is 12.3 Å². The van der Waals surface area contributed by atoms with Crippen molar-refractivity contribution < 1.29 is 8.78 Å². The summed E-state index contributed by atoms with van der Waals surface area (Å²) >= 11 is 1.32.